The second-order valence-electron chi connectivity index (χ2n) is 7.82. The summed E-state index contributed by atoms with van der Waals surface area (Å²) in [6.45, 7) is 1.91. The Hall–Kier alpha value is -4.61. The molecule has 1 amide bonds. The number of para-hydroxylation sites is 1. The van der Waals surface area contributed by atoms with Crippen LogP contribution in [-0.2, 0) is 4.79 Å². The summed E-state index contributed by atoms with van der Waals surface area (Å²) < 4.78 is 12.7. The minimum Gasteiger partial charge on any atom is -0.493 e. The van der Waals surface area contributed by atoms with Crippen molar-refractivity contribution in [2.75, 3.05) is 19.5 Å². The molecule has 0 unspecified atom stereocenters. The van der Waals surface area contributed by atoms with E-state index >= 15 is 0 Å². The fraction of sp³-hybridized carbons (Fsp3) is 0.107. The van der Waals surface area contributed by atoms with Crippen LogP contribution in [0.3, 0.4) is 0 Å². The Labute approximate surface area is 211 Å². The number of rotatable bonds is 6. The molecule has 3 aromatic carbocycles. The molecular weight excluding hydrogens is 474 g/mol. The molecule has 1 heterocycles. The second-order valence-corrected chi connectivity index (χ2v) is 8.85. The molecule has 0 aliphatic carbocycles. The smallest absolute Gasteiger partial charge is 0.273 e. The van der Waals surface area contributed by atoms with Crippen molar-refractivity contribution >= 4 is 34.6 Å². The second kappa shape index (κ2) is 10.8. The normalized spacial score (nSPS) is 12.0. The monoisotopic (exact) mass is 497 g/mol. The maximum absolute atomic E-state index is 13.5. The molecule has 180 valence electrons. The number of benzene rings is 3. The van der Waals surface area contributed by atoms with Crippen LogP contribution in [0, 0.1) is 18.3 Å². The summed E-state index contributed by atoms with van der Waals surface area (Å²) in [5.74, 6) is 0.496. The number of aromatic nitrogens is 1. The quantitative estimate of drug-likeness (QED) is 0.441. The lowest BCUT2D eigenvalue weighted by Gasteiger charge is -2.07. The summed E-state index contributed by atoms with van der Waals surface area (Å²) in [5, 5.41) is 12.7. The number of carbonyl (C=O) groups is 1. The van der Waals surface area contributed by atoms with Gasteiger partial charge in [-0.15, -0.1) is 11.3 Å². The standard InChI is InChI=1S/C28H23N3O4S/c1-18-8-7-9-20(14-18)30-26(32)22(17-29)28-31(21-10-5-4-6-11-21)27(33)25(36-28)16-19-12-13-23(34-2)24(15-19)35-3/h4-16H,1-3H3,(H,30,32)/b25-16+,28-22+. The maximum Gasteiger partial charge on any atom is 0.273 e. The van der Waals surface area contributed by atoms with Crippen LogP contribution in [0.4, 0.5) is 5.69 Å². The molecule has 4 aromatic rings. The molecule has 0 bridgehead atoms. The summed E-state index contributed by atoms with van der Waals surface area (Å²) in [6.07, 6.45) is 1.70. The average Bonchev–Trinajstić information content (AvgIpc) is 3.20. The van der Waals surface area contributed by atoms with E-state index in [0.29, 0.717) is 33.0 Å². The molecule has 7 nitrogen and oxygen atoms in total. The van der Waals surface area contributed by atoms with Gasteiger partial charge >= 0.3 is 0 Å². The van der Waals surface area contributed by atoms with Crippen LogP contribution in [-0.4, -0.2) is 24.7 Å². The number of nitrogens with zero attached hydrogens (tertiary/aromatic N) is 2. The number of aryl methyl sites for hydroxylation is 1. The largest absolute Gasteiger partial charge is 0.493 e. The Morgan fingerprint density at radius 3 is 2.42 bits per heavy atom. The van der Waals surface area contributed by atoms with Crippen molar-refractivity contribution in [2.45, 2.75) is 6.92 Å². The highest BCUT2D eigenvalue weighted by atomic mass is 32.1. The van der Waals surface area contributed by atoms with E-state index in [-0.39, 0.29) is 15.8 Å². The number of amides is 1. The van der Waals surface area contributed by atoms with E-state index in [0.717, 1.165) is 16.9 Å². The van der Waals surface area contributed by atoms with Gasteiger partial charge in [-0.1, -0.05) is 36.4 Å². The summed E-state index contributed by atoms with van der Waals surface area (Å²) >= 11 is 1.08. The van der Waals surface area contributed by atoms with Crippen LogP contribution in [0.1, 0.15) is 11.1 Å². The number of thiazole rings is 1. The first-order valence-electron chi connectivity index (χ1n) is 11.0. The predicted octanol–water partition coefficient (Wildman–Crippen LogP) is 3.37. The zero-order valence-corrected chi connectivity index (χ0v) is 20.8. The molecule has 0 radical (unpaired) electrons. The van der Waals surface area contributed by atoms with Crippen molar-refractivity contribution in [1.29, 1.82) is 5.26 Å². The van der Waals surface area contributed by atoms with Gasteiger partial charge in [0.25, 0.3) is 11.5 Å². The fourth-order valence-electron chi connectivity index (χ4n) is 3.67. The number of anilines is 1. The number of hydrogen-bond donors (Lipinski definition) is 1. The topological polar surface area (TPSA) is 93.4 Å². The van der Waals surface area contributed by atoms with Gasteiger partial charge in [-0.25, -0.2) is 0 Å². The zero-order chi connectivity index (χ0) is 25.7. The van der Waals surface area contributed by atoms with Crippen molar-refractivity contribution in [3.8, 4) is 23.3 Å². The fourth-order valence-corrected chi connectivity index (χ4v) is 4.77. The molecule has 0 saturated carbocycles. The Bertz CT molecular complexity index is 1650. The maximum atomic E-state index is 13.5. The number of hydrogen-bond acceptors (Lipinski definition) is 6. The third-order valence-corrected chi connectivity index (χ3v) is 6.46. The minimum absolute atomic E-state index is 0.158. The van der Waals surface area contributed by atoms with Crippen LogP contribution in [0.5, 0.6) is 11.5 Å². The molecule has 0 atom stereocenters. The number of methoxy groups -OCH3 is 2. The number of carbonyl (C=O) groups excluding carboxylic acids is 1. The summed E-state index contributed by atoms with van der Waals surface area (Å²) in [6, 6.07) is 23.5. The molecule has 0 aliphatic rings. The zero-order valence-electron chi connectivity index (χ0n) is 19.9. The van der Waals surface area contributed by atoms with E-state index < -0.39 is 5.91 Å². The third-order valence-electron chi connectivity index (χ3n) is 5.37. The van der Waals surface area contributed by atoms with Crippen LogP contribution >= 0.6 is 11.3 Å². The van der Waals surface area contributed by atoms with Crippen molar-refractivity contribution in [3.63, 3.8) is 0 Å². The highest BCUT2D eigenvalue weighted by molar-refractivity contribution is 7.07. The third kappa shape index (κ3) is 5.06. The van der Waals surface area contributed by atoms with Gasteiger partial charge in [0.15, 0.2) is 17.1 Å². The molecule has 1 N–H and O–H groups in total. The molecule has 0 spiro atoms. The van der Waals surface area contributed by atoms with E-state index in [2.05, 4.69) is 5.32 Å². The van der Waals surface area contributed by atoms with E-state index in [1.54, 1.807) is 61.7 Å². The Morgan fingerprint density at radius 2 is 1.75 bits per heavy atom. The lowest BCUT2D eigenvalue weighted by molar-refractivity contribution is -0.111. The summed E-state index contributed by atoms with van der Waals surface area (Å²) in [4.78, 5) is 26.7. The molecule has 0 saturated heterocycles. The molecule has 0 aliphatic heterocycles. The predicted molar refractivity (Wildman–Crippen MR) is 141 cm³/mol. The molecule has 36 heavy (non-hydrogen) atoms. The Kier molecular flexibility index (Phi) is 7.33. The molecule has 0 fully saturated rings. The van der Waals surface area contributed by atoms with Crippen LogP contribution in [0.2, 0.25) is 0 Å². The van der Waals surface area contributed by atoms with Crippen molar-refractivity contribution < 1.29 is 14.3 Å². The van der Waals surface area contributed by atoms with E-state index in [1.807, 2.05) is 37.3 Å². The van der Waals surface area contributed by atoms with E-state index in [1.165, 1.54) is 11.7 Å². The van der Waals surface area contributed by atoms with Gasteiger partial charge in [0.05, 0.1) is 24.4 Å². The summed E-state index contributed by atoms with van der Waals surface area (Å²) in [5.41, 5.74) is 2.30. The Balaban J connectivity index is 1.94. The lowest BCUT2D eigenvalue weighted by atomic mass is 10.2. The van der Waals surface area contributed by atoms with Crippen molar-refractivity contribution in [3.05, 3.63) is 103 Å². The van der Waals surface area contributed by atoms with Gasteiger partial charge in [-0.05, 0) is 60.5 Å². The molecule has 4 rings (SSSR count). The first kappa shape index (κ1) is 24.5. The minimum atomic E-state index is -0.591. The van der Waals surface area contributed by atoms with Gasteiger partial charge in [0.1, 0.15) is 10.7 Å². The average molecular weight is 498 g/mol. The van der Waals surface area contributed by atoms with Gasteiger partial charge in [0, 0.05) is 5.69 Å². The van der Waals surface area contributed by atoms with Crippen LogP contribution < -0.4 is 29.5 Å². The van der Waals surface area contributed by atoms with Crippen LogP contribution in [0.25, 0.3) is 17.3 Å². The lowest BCUT2D eigenvalue weighted by Crippen LogP contribution is -2.32. The Morgan fingerprint density at radius 1 is 1.00 bits per heavy atom. The number of nitriles is 1. The first-order valence-corrected chi connectivity index (χ1v) is 11.8. The highest BCUT2D eigenvalue weighted by Gasteiger charge is 2.17. The highest BCUT2D eigenvalue weighted by Crippen LogP contribution is 2.27. The first-order chi connectivity index (χ1) is 17.4. The van der Waals surface area contributed by atoms with E-state index in [4.69, 9.17) is 9.47 Å². The number of nitrogens with one attached hydrogen (secondary N) is 1. The number of ether oxygens (including phenoxy) is 2. The van der Waals surface area contributed by atoms with Crippen molar-refractivity contribution in [1.82, 2.24) is 4.57 Å². The SMILES string of the molecule is COc1ccc(/C=c2/s/c(=C(\C#N)C(=O)Nc3cccc(C)c3)n(-c3ccccc3)c2=O)cc1OC. The van der Waals surface area contributed by atoms with Gasteiger partial charge in [-0.3, -0.25) is 14.2 Å². The van der Waals surface area contributed by atoms with Gasteiger partial charge < -0.3 is 14.8 Å². The summed E-state index contributed by atoms with van der Waals surface area (Å²) in [7, 11) is 3.08. The van der Waals surface area contributed by atoms with Crippen LogP contribution in [0.15, 0.2) is 77.6 Å². The van der Waals surface area contributed by atoms with E-state index in [9.17, 15) is 14.9 Å². The molecule has 8 heteroatoms. The molecular formula is C28H23N3O4S. The van der Waals surface area contributed by atoms with Crippen molar-refractivity contribution in [2.24, 2.45) is 0 Å². The van der Waals surface area contributed by atoms with Gasteiger partial charge in [0.2, 0.25) is 0 Å². The molecule has 1 aromatic heterocycles. The van der Waals surface area contributed by atoms with Gasteiger partial charge in [-0.2, -0.15) is 5.26 Å².